The predicted molar refractivity (Wildman–Crippen MR) is 95.6 cm³/mol. The van der Waals surface area contributed by atoms with Crippen LogP contribution in [-0.4, -0.2) is 15.7 Å². The highest BCUT2D eigenvalue weighted by atomic mass is 19.4. The Morgan fingerprint density at radius 1 is 1.14 bits per heavy atom. The fourth-order valence-corrected chi connectivity index (χ4v) is 2.91. The number of alkyl halides is 3. The molecule has 0 bridgehead atoms. The smallest absolute Gasteiger partial charge is 0.348 e. The topological polar surface area (TPSA) is 46.9 Å². The third kappa shape index (κ3) is 3.90. The number of rotatable bonds is 4. The number of hydrogen-bond acceptors (Lipinski definition) is 2. The molecule has 4 nitrogen and oxygen atoms in total. The third-order valence-corrected chi connectivity index (χ3v) is 4.30. The molecule has 0 atom stereocenters. The van der Waals surface area contributed by atoms with Gasteiger partial charge in [-0.05, 0) is 37.1 Å². The van der Waals surface area contributed by atoms with Crippen molar-refractivity contribution in [3.63, 3.8) is 0 Å². The number of nitrogens with one attached hydrogen (secondary N) is 1. The highest BCUT2D eigenvalue weighted by molar-refractivity contribution is 5.95. The number of benzene rings is 2. The molecular weight excluding hydrogens is 374 g/mol. The second-order valence-corrected chi connectivity index (χ2v) is 6.38. The van der Waals surface area contributed by atoms with Crippen molar-refractivity contribution in [1.29, 1.82) is 0 Å². The van der Waals surface area contributed by atoms with Gasteiger partial charge in [0.2, 0.25) is 0 Å². The zero-order chi connectivity index (χ0) is 20.5. The van der Waals surface area contributed by atoms with Crippen LogP contribution in [0.25, 0.3) is 5.69 Å². The number of carbonyl (C=O) groups is 1. The molecule has 0 fully saturated rings. The summed E-state index contributed by atoms with van der Waals surface area (Å²) in [6.07, 6.45) is -4.10. The van der Waals surface area contributed by atoms with Gasteiger partial charge in [-0.1, -0.05) is 35.9 Å². The van der Waals surface area contributed by atoms with E-state index in [1.807, 2.05) is 26.0 Å². The first-order valence-corrected chi connectivity index (χ1v) is 8.43. The lowest BCUT2D eigenvalue weighted by Crippen LogP contribution is -2.26. The second-order valence-electron chi connectivity index (χ2n) is 6.38. The van der Waals surface area contributed by atoms with E-state index >= 15 is 0 Å². The summed E-state index contributed by atoms with van der Waals surface area (Å²) >= 11 is 0. The van der Waals surface area contributed by atoms with E-state index in [1.54, 1.807) is 6.07 Å². The van der Waals surface area contributed by atoms with Crippen LogP contribution in [0, 0.1) is 19.7 Å². The minimum absolute atomic E-state index is 0.0626. The maximum absolute atomic E-state index is 14.0. The quantitative estimate of drug-likeness (QED) is 0.662. The van der Waals surface area contributed by atoms with E-state index < -0.39 is 29.2 Å². The van der Waals surface area contributed by atoms with Crippen LogP contribution in [0.1, 0.15) is 32.7 Å². The Balaban J connectivity index is 1.93. The average Bonchev–Trinajstić information content (AvgIpc) is 3.06. The number of aryl methyl sites for hydroxylation is 2. The van der Waals surface area contributed by atoms with E-state index in [4.69, 9.17) is 0 Å². The number of amides is 1. The lowest BCUT2D eigenvalue weighted by Gasteiger charge is -2.13. The van der Waals surface area contributed by atoms with Gasteiger partial charge in [0.25, 0.3) is 5.91 Å². The van der Waals surface area contributed by atoms with Crippen LogP contribution in [0.5, 0.6) is 0 Å². The zero-order valence-corrected chi connectivity index (χ0v) is 15.1. The number of hydrogen-bond donors (Lipinski definition) is 1. The molecular formula is C20H17F4N3O. The van der Waals surface area contributed by atoms with Crippen LogP contribution in [0.3, 0.4) is 0 Å². The summed E-state index contributed by atoms with van der Waals surface area (Å²) in [6, 6.07) is 10.5. The summed E-state index contributed by atoms with van der Waals surface area (Å²) < 4.78 is 55.3. The largest absolute Gasteiger partial charge is 0.434 e. The Hall–Kier alpha value is -3.16. The molecule has 2 aromatic carbocycles. The molecule has 0 unspecified atom stereocenters. The maximum Gasteiger partial charge on any atom is 0.434 e. The number of aromatic nitrogens is 2. The minimum atomic E-state index is -4.90. The first kappa shape index (κ1) is 19.6. The lowest BCUT2D eigenvalue weighted by molar-refractivity contribution is -0.143. The molecule has 146 valence electrons. The molecule has 1 aromatic heterocycles. The summed E-state index contributed by atoms with van der Waals surface area (Å²) in [7, 11) is 0. The van der Waals surface area contributed by atoms with Crippen LogP contribution in [0.2, 0.25) is 0 Å². The molecule has 0 aliphatic heterocycles. The van der Waals surface area contributed by atoms with Gasteiger partial charge in [0, 0.05) is 6.54 Å². The molecule has 28 heavy (non-hydrogen) atoms. The third-order valence-electron chi connectivity index (χ3n) is 4.30. The molecule has 0 saturated carbocycles. The molecule has 0 aliphatic rings. The van der Waals surface area contributed by atoms with Crippen molar-refractivity contribution in [3.05, 3.63) is 82.4 Å². The molecule has 0 aliphatic carbocycles. The van der Waals surface area contributed by atoms with Gasteiger partial charge in [-0.25, -0.2) is 9.07 Å². The molecule has 1 amide bonds. The van der Waals surface area contributed by atoms with Crippen molar-refractivity contribution < 1.29 is 22.4 Å². The summed E-state index contributed by atoms with van der Waals surface area (Å²) in [4.78, 5) is 12.4. The Morgan fingerprint density at radius 2 is 1.86 bits per heavy atom. The molecule has 0 saturated heterocycles. The van der Waals surface area contributed by atoms with E-state index in [1.165, 1.54) is 12.1 Å². The average molecular weight is 391 g/mol. The number of nitrogens with zero attached hydrogens (tertiary/aromatic N) is 2. The zero-order valence-electron chi connectivity index (χ0n) is 15.1. The van der Waals surface area contributed by atoms with E-state index in [0.717, 1.165) is 35.0 Å². The molecule has 3 rings (SSSR count). The summed E-state index contributed by atoms with van der Waals surface area (Å²) in [6.45, 7) is 3.83. The second kappa shape index (κ2) is 7.46. The van der Waals surface area contributed by atoms with Crippen molar-refractivity contribution in [2.45, 2.75) is 26.6 Å². The summed E-state index contributed by atoms with van der Waals surface area (Å²) in [5.41, 5.74) is 0.366. The van der Waals surface area contributed by atoms with E-state index in [9.17, 15) is 22.4 Å². The van der Waals surface area contributed by atoms with Gasteiger partial charge in [-0.3, -0.25) is 4.79 Å². The summed E-state index contributed by atoms with van der Waals surface area (Å²) in [5, 5.41) is 6.10. The van der Waals surface area contributed by atoms with Crippen molar-refractivity contribution in [2.75, 3.05) is 0 Å². The van der Waals surface area contributed by atoms with Gasteiger partial charge in [0.15, 0.2) is 5.69 Å². The monoisotopic (exact) mass is 391 g/mol. The molecule has 8 heteroatoms. The molecule has 0 radical (unpaired) electrons. The van der Waals surface area contributed by atoms with Gasteiger partial charge in [-0.15, -0.1) is 0 Å². The van der Waals surface area contributed by atoms with Crippen LogP contribution in [-0.2, 0) is 12.7 Å². The van der Waals surface area contributed by atoms with Crippen LogP contribution in [0.4, 0.5) is 17.6 Å². The first-order valence-electron chi connectivity index (χ1n) is 8.43. The Bertz CT molecular complexity index is 1020. The van der Waals surface area contributed by atoms with Crippen molar-refractivity contribution in [3.8, 4) is 5.69 Å². The first-order chi connectivity index (χ1) is 13.2. The molecule has 1 N–H and O–H groups in total. The normalized spacial score (nSPS) is 11.5. The predicted octanol–water partition coefficient (Wildman–Crippen LogP) is 4.58. The fraction of sp³-hybridized carbons (Fsp3) is 0.200. The molecule has 0 spiro atoms. The van der Waals surface area contributed by atoms with Gasteiger partial charge in [0.05, 0.1) is 11.8 Å². The summed E-state index contributed by atoms with van der Waals surface area (Å²) in [5.74, 6) is -1.81. The highest BCUT2D eigenvalue weighted by Gasteiger charge is 2.41. The van der Waals surface area contributed by atoms with Crippen LogP contribution in [0.15, 0.2) is 48.7 Å². The van der Waals surface area contributed by atoms with E-state index in [2.05, 4.69) is 10.4 Å². The van der Waals surface area contributed by atoms with Crippen molar-refractivity contribution >= 4 is 5.91 Å². The van der Waals surface area contributed by atoms with Gasteiger partial charge in [-0.2, -0.15) is 18.3 Å². The minimum Gasteiger partial charge on any atom is -0.348 e. The maximum atomic E-state index is 14.0. The van der Waals surface area contributed by atoms with Gasteiger partial charge in [0.1, 0.15) is 11.5 Å². The van der Waals surface area contributed by atoms with Gasteiger partial charge >= 0.3 is 6.18 Å². The SMILES string of the molecule is Cc1ccc(CNC(=O)c2cnn(-c3ccccc3F)c2C(F)(F)F)c(C)c1. The Kier molecular flexibility index (Phi) is 5.22. The van der Waals surface area contributed by atoms with Crippen molar-refractivity contribution in [2.24, 2.45) is 0 Å². The van der Waals surface area contributed by atoms with E-state index in [-0.39, 0.29) is 12.2 Å². The standard InChI is InChI=1S/C20H17F4N3O/c1-12-7-8-14(13(2)9-12)10-25-19(28)15-11-26-27(18(15)20(22,23)24)17-6-4-3-5-16(17)21/h3-9,11H,10H2,1-2H3,(H,25,28). The number of para-hydroxylation sites is 1. The van der Waals surface area contributed by atoms with Crippen LogP contribution < -0.4 is 5.32 Å². The molecule has 1 heterocycles. The highest BCUT2D eigenvalue weighted by Crippen LogP contribution is 2.34. The lowest BCUT2D eigenvalue weighted by atomic mass is 10.1. The van der Waals surface area contributed by atoms with Crippen LogP contribution >= 0.6 is 0 Å². The fourth-order valence-electron chi connectivity index (χ4n) is 2.91. The Labute approximate surface area is 158 Å². The molecule has 3 aromatic rings. The number of carbonyl (C=O) groups excluding carboxylic acids is 1. The Morgan fingerprint density at radius 3 is 2.50 bits per heavy atom. The van der Waals surface area contributed by atoms with E-state index in [0.29, 0.717) is 4.68 Å². The van der Waals surface area contributed by atoms with Gasteiger partial charge < -0.3 is 5.32 Å². The van der Waals surface area contributed by atoms with Crippen molar-refractivity contribution in [1.82, 2.24) is 15.1 Å². The number of halogens is 4.